The van der Waals surface area contributed by atoms with Crippen LogP contribution in [0, 0.1) is 5.92 Å². The van der Waals surface area contributed by atoms with E-state index in [1.54, 1.807) is 0 Å². The minimum atomic E-state index is 0.397. The molecule has 2 fully saturated rings. The zero-order valence-corrected chi connectivity index (χ0v) is 11.5. The Bertz CT molecular complexity index is 206. The molecule has 100 valence electrons. The molecule has 1 saturated carbocycles. The Kier molecular flexibility index (Phi) is 5.26. The zero-order chi connectivity index (χ0) is 12.1. The molecule has 1 heterocycles. The van der Waals surface area contributed by atoms with Gasteiger partial charge >= 0.3 is 0 Å². The van der Waals surface area contributed by atoms with Crippen LogP contribution in [-0.4, -0.2) is 49.8 Å². The molecule has 1 saturated heterocycles. The smallest absolute Gasteiger partial charge is 0.0678 e. The van der Waals surface area contributed by atoms with E-state index in [2.05, 4.69) is 24.1 Å². The van der Waals surface area contributed by atoms with Crippen molar-refractivity contribution in [1.29, 1.82) is 0 Å². The van der Waals surface area contributed by atoms with Gasteiger partial charge in [-0.3, -0.25) is 4.90 Å². The fourth-order valence-corrected chi connectivity index (χ4v) is 3.22. The Morgan fingerprint density at radius 3 is 2.41 bits per heavy atom. The van der Waals surface area contributed by atoms with E-state index < -0.39 is 0 Å². The molecule has 1 aliphatic heterocycles. The largest absolute Gasteiger partial charge is 0.373 e. The van der Waals surface area contributed by atoms with Gasteiger partial charge in [0.05, 0.1) is 12.2 Å². The van der Waals surface area contributed by atoms with Crippen LogP contribution in [0.1, 0.15) is 39.5 Å². The summed E-state index contributed by atoms with van der Waals surface area (Å²) in [6.07, 6.45) is 6.58. The van der Waals surface area contributed by atoms with E-state index in [1.165, 1.54) is 38.8 Å². The van der Waals surface area contributed by atoms with Crippen LogP contribution >= 0.6 is 0 Å². The molecule has 3 heteroatoms. The molecule has 0 aromatic rings. The third kappa shape index (κ3) is 4.57. The highest BCUT2D eigenvalue weighted by Gasteiger charge is 2.21. The highest BCUT2D eigenvalue weighted by atomic mass is 16.5. The topological polar surface area (TPSA) is 24.5 Å². The summed E-state index contributed by atoms with van der Waals surface area (Å²) >= 11 is 0. The molecule has 2 rings (SSSR count). The first-order valence-corrected chi connectivity index (χ1v) is 7.32. The molecule has 0 aromatic heterocycles. The summed E-state index contributed by atoms with van der Waals surface area (Å²) in [5.41, 5.74) is 0. The maximum absolute atomic E-state index is 5.74. The van der Waals surface area contributed by atoms with Crippen molar-refractivity contribution in [3.8, 4) is 0 Å². The number of ether oxygens (including phenoxy) is 1. The van der Waals surface area contributed by atoms with Gasteiger partial charge in [-0.15, -0.1) is 0 Å². The normalized spacial score (nSPS) is 32.1. The van der Waals surface area contributed by atoms with E-state index in [9.17, 15) is 0 Å². The van der Waals surface area contributed by atoms with Gasteiger partial charge in [-0.05, 0) is 39.2 Å². The monoisotopic (exact) mass is 240 g/mol. The second-order valence-corrected chi connectivity index (χ2v) is 5.87. The van der Waals surface area contributed by atoms with Crippen LogP contribution in [0.25, 0.3) is 0 Å². The van der Waals surface area contributed by atoms with Gasteiger partial charge in [-0.1, -0.05) is 12.8 Å². The molecule has 17 heavy (non-hydrogen) atoms. The molecule has 0 amide bonds. The third-order valence-electron chi connectivity index (χ3n) is 4.01. The van der Waals surface area contributed by atoms with Gasteiger partial charge in [0, 0.05) is 26.2 Å². The molecular formula is C14H28N2O. The van der Waals surface area contributed by atoms with Crippen molar-refractivity contribution >= 4 is 0 Å². The second kappa shape index (κ2) is 6.72. The van der Waals surface area contributed by atoms with Gasteiger partial charge in [-0.2, -0.15) is 0 Å². The van der Waals surface area contributed by atoms with Crippen molar-refractivity contribution in [2.24, 2.45) is 5.92 Å². The van der Waals surface area contributed by atoms with Crippen molar-refractivity contribution in [1.82, 2.24) is 10.2 Å². The highest BCUT2D eigenvalue weighted by Crippen LogP contribution is 2.23. The molecule has 1 aliphatic carbocycles. The maximum atomic E-state index is 5.74. The summed E-state index contributed by atoms with van der Waals surface area (Å²) in [5, 5.41) is 3.62. The molecule has 0 bridgehead atoms. The molecule has 1 N–H and O–H groups in total. The molecular weight excluding hydrogens is 212 g/mol. The summed E-state index contributed by atoms with van der Waals surface area (Å²) in [6.45, 7) is 10.1. The minimum absolute atomic E-state index is 0.397. The lowest BCUT2D eigenvalue weighted by atomic mass is 10.1. The third-order valence-corrected chi connectivity index (χ3v) is 4.01. The van der Waals surface area contributed by atoms with Gasteiger partial charge in [0.15, 0.2) is 0 Å². The second-order valence-electron chi connectivity index (χ2n) is 5.87. The van der Waals surface area contributed by atoms with Crippen molar-refractivity contribution in [2.45, 2.75) is 51.7 Å². The first kappa shape index (κ1) is 13.3. The van der Waals surface area contributed by atoms with E-state index in [0.29, 0.717) is 12.2 Å². The average molecular weight is 240 g/mol. The summed E-state index contributed by atoms with van der Waals surface area (Å²) in [6, 6.07) is 0. The molecule has 3 nitrogen and oxygen atoms in total. The van der Waals surface area contributed by atoms with Crippen LogP contribution < -0.4 is 5.32 Å². The standard InChI is InChI=1S/C14H28N2O/c1-12-10-16(11-13(2)17-12)8-7-15-9-14-5-3-4-6-14/h12-15H,3-11H2,1-2H3. The Morgan fingerprint density at radius 1 is 1.12 bits per heavy atom. The predicted octanol–water partition coefficient (Wildman–Crippen LogP) is 1.88. The van der Waals surface area contributed by atoms with Gasteiger partial charge in [0.2, 0.25) is 0 Å². The van der Waals surface area contributed by atoms with Crippen LogP contribution in [0.15, 0.2) is 0 Å². The molecule has 0 radical (unpaired) electrons. The van der Waals surface area contributed by atoms with E-state index in [0.717, 1.165) is 25.6 Å². The van der Waals surface area contributed by atoms with Crippen LogP contribution in [0.5, 0.6) is 0 Å². The minimum Gasteiger partial charge on any atom is -0.373 e. The summed E-state index contributed by atoms with van der Waals surface area (Å²) in [4.78, 5) is 2.53. The zero-order valence-electron chi connectivity index (χ0n) is 11.5. The summed E-state index contributed by atoms with van der Waals surface area (Å²) in [7, 11) is 0. The van der Waals surface area contributed by atoms with Crippen LogP contribution in [0.2, 0.25) is 0 Å². The number of rotatable bonds is 5. The fourth-order valence-electron chi connectivity index (χ4n) is 3.22. The van der Waals surface area contributed by atoms with E-state index in [-0.39, 0.29) is 0 Å². The SMILES string of the molecule is CC1CN(CCNCC2CCCC2)CC(C)O1. The van der Waals surface area contributed by atoms with Crippen molar-refractivity contribution < 1.29 is 4.74 Å². The van der Waals surface area contributed by atoms with Crippen LogP contribution in [0.4, 0.5) is 0 Å². The highest BCUT2D eigenvalue weighted by molar-refractivity contribution is 4.74. The number of nitrogens with one attached hydrogen (secondary N) is 1. The Labute approximate surface area is 106 Å². The number of hydrogen-bond donors (Lipinski definition) is 1. The van der Waals surface area contributed by atoms with Gasteiger partial charge in [0.1, 0.15) is 0 Å². The van der Waals surface area contributed by atoms with Crippen molar-refractivity contribution in [3.05, 3.63) is 0 Å². The summed E-state index contributed by atoms with van der Waals surface area (Å²) in [5.74, 6) is 0.956. The molecule has 2 aliphatic rings. The van der Waals surface area contributed by atoms with E-state index in [4.69, 9.17) is 4.74 Å². The van der Waals surface area contributed by atoms with Crippen LogP contribution in [0.3, 0.4) is 0 Å². The predicted molar refractivity (Wildman–Crippen MR) is 71.3 cm³/mol. The van der Waals surface area contributed by atoms with Crippen molar-refractivity contribution in [3.63, 3.8) is 0 Å². The maximum Gasteiger partial charge on any atom is 0.0678 e. The van der Waals surface area contributed by atoms with Gasteiger partial charge in [0.25, 0.3) is 0 Å². The number of morpholine rings is 1. The quantitative estimate of drug-likeness (QED) is 0.743. The first-order chi connectivity index (χ1) is 8.24. The summed E-state index contributed by atoms with van der Waals surface area (Å²) < 4.78 is 5.74. The van der Waals surface area contributed by atoms with Crippen molar-refractivity contribution in [2.75, 3.05) is 32.7 Å². The molecule has 0 aromatic carbocycles. The lowest BCUT2D eigenvalue weighted by Crippen LogP contribution is -2.47. The fraction of sp³-hybridized carbons (Fsp3) is 1.00. The average Bonchev–Trinajstić information content (AvgIpc) is 2.76. The van der Waals surface area contributed by atoms with Crippen LogP contribution in [-0.2, 0) is 4.74 Å². The Morgan fingerprint density at radius 2 is 1.76 bits per heavy atom. The number of hydrogen-bond acceptors (Lipinski definition) is 3. The Hall–Kier alpha value is -0.120. The van der Waals surface area contributed by atoms with E-state index >= 15 is 0 Å². The van der Waals surface area contributed by atoms with E-state index in [1.807, 2.05) is 0 Å². The lowest BCUT2D eigenvalue weighted by molar-refractivity contribution is -0.0674. The Balaban J connectivity index is 1.54. The number of nitrogens with zero attached hydrogens (tertiary/aromatic N) is 1. The molecule has 2 atom stereocenters. The van der Waals surface area contributed by atoms with Gasteiger partial charge in [-0.25, -0.2) is 0 Å². The lowest BCUT2D eigenvalue weighted by Gasteiger charge is -2.35. The first-order valence-electron chi connectivity index (χ1n) is 7.32. The van der Waals surface area contributed by atoms with Gasteiger partial charge < -0.3 is 10.1 Å². The molecule has 2 unspecified atom stereocenters. The molecule has 0 spiro atoms.